The van der Waals surface area contributed by atoms with E-state index in [1.807, 2.05) is 0 Å². The van der Waals surface area contributed by atoms with Crippen LogP contribution >= 0.6 is 0 Å². The Labute approximate surface area is 90.3 Å². The standard InChI is InChI=1S/C7H15NO.C4H11N.H2/c1-2-3-8-4-6-9-7-5-8;1-3-5-4-2;/h2-7H2,1H3;5H,3-4H2,1-2H3;1H. The monoisotopic (exact) mass is 204 g/mol. The van der Waals surface area contributed by atoms with Crippen molar-refractivity contribution in [3.63, 3.8) is 0 Å². The Morgan fingerprint density at radius 1 is 1.14 bits per heavy atom. The molecule has 1 aliphatic rings. The van der Waals surface area contributed by atoms with E-state index in [1.54, 1.807) is 0 Å². The van der Waals surface area contributed by atoms with Crippen LogP contribution in [-0.4, -0.2) is 50.8 Å². The fourth-order valence-electron chi connectivity index (χ4n) is 1.39. The first kappa shape index (κ1) is 13.9. The average Bonchev–Trinajstić information content (AvgIpc) is 2.22. The summed E-state index contributed by atoms with van der Waals surface area (Å²) in [5.41, 5.74) is 0. The Balaban J connectivity index is 0. The number of ether oxygens (including phenoxy) is 1. The summed E-state index contributed by atoms with van der Waals surface area (Å²) in [7, 11) is 0. The second-order valence-corrected chi connectivity index (χ2v) is 3.41. The summed E-state index contributed by atoms with van der Waals surface area (Å²) in [5.74, 6) is 0. The predicted octanol–water partition coefficient (Wildman–Crippen LogP) is 1.59. The normalized spacial score (nSPS) is 17.4. The Hall–Kier alpha value is -0.120. The molecule has 14 heavy (non-hydrogen) atoms. The van der Waals surface area contributed by atoms with E-state index in [1.165, 1.54) is 13.0 Å². The molecule has 0 aromatic rings. The lowest BCUT2D eigenvalue weighted by molar-refractivity contribution is 0.0380. The van der Waals surface area contributed by atoms with E-state index in [0.717, 1.165) is 39.4 Å². The fraction of sp³-hybridized carbons (Fsp3) is 1.00. The number of hydrogen-bond donors (Lipinski definition) is 1. The van der Waals surface area contributed by atoms with Crippen molar-refractivity contribution in [3.05, 3.63) is 0 Å². The molecule has 3 nitrogen and oxygen atoms in total. The number of rotatable bonds is 4. The van der Waals surface area contributed by atoms with Gasteiger partial charge in [-0.15, -0.1) is 0 Å². The van der Waals surface area contributed by atoms with Gasteiger partial charge in [0.1, 0.15) is 0 Å². The summed E-state index contributed by atoms with van der Waals surface area (Å²) >= 11 is 0. The number of nitrogens with zero attached hydrogens (tertiary/aromatic N) is 1. The summed E-state index contributed by atoms with van der Waals surface area (Å²) in [6.45, 7) is 14.0. The van der Waals surface area contributed by atoms with Gasteiger partial charge < -0.3 is 10.1 Å². The van der Waals surface area contributed by atoms with E-state index in [2.05, 4.69) is 31.0 Å². The van der Waals surface area contributed by atoms with E-state index < -0.39 is 0 Å². The van der Waals surface area contributed by atoms with Gasteiger partial charge in [-0.3, -0.25) is 4.90 Å². The minimum absolute atomic E-state index is 0. The number of morpholine rings is 1. The maximum Gasteiger partial charge on any atom is 0.0594 e. The molecular formula is C11H28N2O. The predicted molar refractivity (Wildman–Crippen MR) is 63.9 cm³/mol. The highest BCUT2D eigenvalue weighted by Crippen LogP contribution is 1.96. The van der Waals surface area contributed by atoms with Crippen LogP contribution in [0.25, 0.3) is 0 Å². The molecule has 0 aromatic heterocycles. The van der Waals surface area contributed by atoms with Crippen molar-refractivity contribution in [1.29, 1.82) is 0 Å². The molecular weight excluding hydrogens is 176 g/mol. The van der Waals surface area contributed by atoms with Gasteiger partial charge in [0.15, 0.2) is 0 Å². The first-order valence-electron chi connectivity index (χ1n) is 5.85. The SMILES string of the molecule is CCCN1CCOCC1.CCNCC.[HH]. The molecule has 3 heteroatoms. The van der Waals surface area contributed by atoms with Gasteiger partial charge >= 0.3 is 0 Å². The molecule has 1 fully saturated rings. The summed E-state index contributed by atoms with van der Waals surface area (Å²) < 4.78 is 5.20. The molecule has 0 amide bonds. The molecule has 0 aromatic carbocycles. The second kappa shape index (κ2) is 11.0. The molecule has 0 bridgehead atoms. The first-order chi connectivity index (χ1) is 6.85. The van der Waals surface area contributed by atoms with E-state index in [-0.39, 0.29) is 1.43 Å². The van der Waals surface area contributed by atoms with Crippen LogP contribution in [0.15, 0.2) is 0 Å². The van der Waals surface area contributed by atoms with Gasteiger partial charge in [0.25, 0.3) is 0 Å². The van der Waals surface area contributed by atoms with Gasteiger partial charge in [-0.25, -0.2) is 0 Å². The van der Waals surface area contributed by atoms with Gasteiger partial charge in [0.2, 0.25) is 0 Å². The molecule has 1 aliphatic heterocycles. The van der Waals surface area contributed by atoms with Gasteiger partial charge in [-0.05, 0) is 26.1 Å². The maximum atomic E-state index is 5.20. The van der Waals surface area contributed by atoms with Crippen molar-refractivity contribution in [2.45, 2.75) is 27.2 Å². The Bertz CT molecular complexity index is 104. The zero-order valence-electron chi connectivity index (χ0n) is 10.0. The van der Waals surface area contributed by atoms with Crippen LogP contribution in [0.5, 0.6) is 0 Å². The van der Waals surface area contributed by atoms with Gasteiger partial charge in [0, 0.05) is 14.5 Å². The van der Waals surface area contributed by atoms with E-state index in [0.29, 0.717) is 0 Å². The Morgan fingerprint density at radius 2 is 1.71 bits per heavy atom. The smallest absolute Gasteiger partial charge is 0.0594 e. The van der Waals surface area contributed by atoms with Crippen LogP contribution in [0.3, 0.4) is 0 Å². The van der Waals surface area contributed by atoms with Crippen molar-refractivity contribution in [3.8, 4) is 0 Å². The van der Waals surface area contributed by atoms with Gasteiger partial charge in [-0.1, -0.05) is 20.8 Å². The quantitative estimate of drug-likeness (QED) is 0.752. The number of hydrogen-bond acceptors (Lipinski definition) is 3. The van der Waals surface area contributed by atoms with Crippen LogP contribution in [0.4, 0.5) is 0 Å². The zero-order chi connectivity index (χ0) is 10.6. The molecule has 0 spiro atoms. The third kappa shape index (κ3) is 8.48. The minimum Gasteiger partial charge on any atom is -0.379 e. The zero-order valence-corrected chi connectivity index (χ0v) is 10.0. The topological polar surface area (TPSA) is 24.5 Å². The summed E-state index contributed by atoms with van der Waals surface area (Å²) in [5, 5.41) is 3.11. The molecule has 1 heterocycles. The van der Waals surface area contributed by atoms with Gasteiger partial charge in [-0.2, -0.15) is 0 Å². The Kier molecular flexibility index (Phi) is 10.9. The van der Waals surface area contributed by atoms with Crippen LogP contribution in [0.2, 0.25) is 0 Å². The minimum atomic E-state index is 0. The number of nitrogens with one attached hydrogen (secondary N) is 1. The summed E-state index contributed by atoms with van der Waals surface area (Å²) in [4.78, 5) is 2.45. The largest absolute Gasteiger partial charge is 0.379 e. The van der Waals surface area contributed by atoms with Crippen molar-refractivity contribution < 1.29 is 6.16 Å². The van der Waals surface area contributed by atoms with E-state index >= 15 is 0 Å². The molecule has 1 rings (SSSR count). The molecule has 0 atom stereocenters. The lowest BCUT2D eigenvalue weighted by atomic mass is 10.4. The summed E-state index contributed by atoms with van der Waals surface area (Å²) in [6, 6.07) is 0. The van der Waals surface area contributed by atoms with Crippen molar-refractivity contribution in [2.75, 3.05) is 45.9 Å². The van der Waals surface area contributed by atoms with E-state index in [9.17, 15) is 0 Å². The second-order valence-electron chi connectivity index (χ2n) is 3.41. The molecule has 1 saturated heterocycles. The highest BCUT2D eigenvalue weighted by atomic mass is 16.5. The van der Waals surface area contributed by atoms with Crippen LogP contribution in [-0.2, 0) is 4.74 Å². The highest BCUT2D eigenvalue weighted by molar-refractivity contribution is 4.59. The fourth-order valence-corrected chi connectivity index (χ4v) is 1.39. The Morgan fingerprint density at radius 3 is 2.07 bits per heavy atom. The molecule has 0 aliphatic carbocycles. The third-order valence-corrected chi connectivity index (χ3v) is 2.14. The lowest BCUT2D eigenvalue weighted by Gasteiger charge is -2.25. The summed E-state index contributed by atoms with van der Waals surface area (Å²) in [6.07, 6.45) is 1.26. The van der Waals surface area contributed by atoms with E-state index in [4.69, 9.17) is 4.74 Å². The van der Waals surface area contributed by atoms with Crippen molar-refractivity contribution in [1.82, 2.24) is 10.2 Å². The van der Waals surface area contributed by atoms with Crippen LogP contribution in [0, 0.1) is 0 Å². The molecule has 0 unspecified atom stereocenters. The highest BCUT2D eigenvalue weighted by Gasteiger charge is 2.07. The van der Waals surface area contributed by atoms with Crippen LogP contribution in [0.1, 0.15) is 28.6 Å². The molecule has 0 radical (unpaired) electrons. The molecule has 88 valence electrons. The average molecular weight is 204 g/mol. The maximum absolute atomic E-state index is 5.20. The molecule has 1 N–H and O–H groups in total. The van der Waals surface area contributed by atoms with Crippen molar-refractivity contribution in [2.24, 2.45) is 0 Å². The van der Waals surface area contributed by atoms with Gasteiger partial charge in [0.05, 0.1) is 13.2 Å². The van der Waals surface area contributed by atoms with Crippen molar-refractivity contribution >= 4 is 0 Å². The third-order valence-electron chi connectivity index (χ3n) is 2.14. The lowest BCUT2D eigenvalue weighted by Crippen LogP contribution is -2.36. The molecule has 0 saturated carbocycles. The van der Waals surface area contributed by atoms with Crippen LogP contribution < -0.4 is 5.32 Å². The first-order valence-corrected chi connectivity index (χ1v) is 5.85.